The van der Waals surface area contributed by atoms with E-state index in [0.717, 1.165) is 0 Å². The van der Waals surface area contributed by atoms with E-state index in [0.29, 0.717) is 10.9 Å². The van der Waals surface area contributed by atoms with E-state index in [2.05, 4.69) is 0 Å². The van der Waals surface area contributed by atoms with Gasteiger partial charge in [-0.2, -0.15) is 8.42 Å². The van der Waals surface area contributed by atoms with Gasteiger partial charge in [0.15, 0.2) is 5.25 Å². The molecule has 0 spiro atoms. The first-order valence-corrected chi connectivity index (χ1v) is 7.41. The maximum absolute atomic E-state index is 11.6. The molecule has 0 amide bonds. The number of rotatable bonds is 4. The van der Waals surface area contributed by atoms with Crippen LogP contribution < -0.4 is 0 Å². The van der Waals surface area contributed by atoms with Gasteiger partial charge < -0.3 is 0 Å². The Kier molecular flexibility index (Phi) is 3.79. The average molecular weight is 312 g/mol. The molecule has 0 fully saturated rings. The van der Waals surface area contributed by atoms with E-state index < -0.39 is 26.8 Å². The molecular formula is C12H12N2O6S. The molecule has 0 aliphatic rings. The van der Waals surface area contributed by atoms with Gasteiger partial charge in [0, 0.05) is 29.0 Å². The molecule has 9 heteroatoms. The number of fused-ring (bicyclic) bond motifs is 1. The first kappa shape index (κ1) is 15.1. The van der Waals surface area contributed by atoms with Crippen molar-refractivity contribution < 1.29 is 22.7 Å². The Morgan fingerprint density at radius 1 is 1.43 bits per heavy atom. The van der Waals surface area contributed by atoms with Crippen molar-refractivity contribution in [1.82, 2.24) is 4.57 Å². The number of carbonyl (C=O) groups is 1. The van der Waals surface area contributed by atoms with Crippen molar-refractivity contribution in [2.24, 2.45) is 0 Å². The molecule has 1 N–H and O–H groups in total. The second-order valence-electron chi connectivity index (χ2n) is 4.51. The zero-order valence-electron chi connectivity index (χ0n) is 11.0. The molecule has 8 nitrogen and oxygen atoms in total. The first-order chi connectivity index (χ1) is 9.71. The molecule has 1 aromatic heterocycles. The second-order valence-corrected chi connectivity index (χ2v) is 6.11. The molecule has 21 heavy (non-hydrogen) atoms. The molecule has 0 saturated heterocycles. The summed E-state index contributed by atoms with van der Waals surface area (Å²) in [4.78, 5) is 21.4. The highest BCUT2D eigenvalue weighted by atomic mass is 32.2. The molecule has 0 radical (unpaired) electrons. The summed E-state index contributed by atoms with van der Waals surface area (Å²) >= 11 is 0. The Labute approximate surface area is 119 Å². The zero-order chi connectivity index (χ0) is 15.8. The van der Waals surface area contributed by atoms with Crippen molar-refractivity contribution in [3.8, 4) is 0 Å². The van der Waals surface area contributed by atoms with E-state index >= 15 is 0 Å². The van der Waals surface area contributed by atoms with Gasteiger partial charge >= 0.3 is 0 Å². The van der Waals surface area contributed by atoms with Crippen LogP contribution in [0.15, 0.2) is 30.5 Å². The van der Waals surface area contributed by atoms with Crippen molar-refractivity contribution in [3.63, 3.8) is 0 Å². The predicted octanol–water partition coefficient (Wildman–Crippen LogP) is 1.51. The molecule has 2 aromatic rings. The van der Waals surface area contributed by atoms with E-state index in [9.17, 15) is 27.9 Å². The van der Waals surface area contributed by atoms with Crippen LogP contribution in [0.1, 0.15) is 22.5 Å². The average Bonchev–Trinajstić information content (AvgIpc) is 2.74. The first-order valence-electron chi connectivity index (χ1n) is 5.91. The largest absolute Gasteiger partial charge is 0.287 e. The Morgan fingerprint density at radius 3 is 2.57 bits per heavy atom. The molecule has 1 aromatic carbocycles. The number of para-hydroxylation sites is 1. The summed E-state index contributed by atoms with van der Waals surface area (Å²) in [5.74, 6) is -0.368. The number of benzene rings is 1. The van der Waals surface area contributed by atoms with Crippen LogP contribution in [-0.4, -0.2) is 34.9 Å². The van der Waals surface area contributed by atoms with Gasteiger partial charge in [0.1, 0.15) is 0 Å². The monoisotopic (exact) mass is 312 g/mol. The molecule has 1 atom stereocenters. The molecule has 112 valence electrons. The Balaban J connectivity index is 2.74. The van der Waals surface area contributed by atoms with E-state index in [1.807, 2.05) is 0 Å². The van der Waals surface area contributed by atoms with Gasteiger partial charge in [-0.25, -0.2) is 0 Å². The summed E-state index contributed by atoms with van der Waals surface area (Å²) in [5.41, 5.74) is 0.456. The van der Waals surface area contributed by atoms with Crippen molar-refractivity contribution in [1.29, 1.82) is 0 Å². The van der Waals surface area contributed by atoms with Gasteiger partial charge in [0.25, 0.3) is 10.1 Å². The summed E-state index contributed by atoms with van der Waals surface area (Å²) in [7, 11) is -4.68. The van der Waals surface area contributed by atoms with Crippen molar-refractivity contribution >= 4 is 26.9 Å². The fourth-order valence-corrected chi connectivity index (χ4v) is 3.03. The fraction of sp³-hybridized carbons (Fsp3) is 0.250. The van der Waals surface area contributed by atoms with Crippen LogP contribution >= 0.6 is 0 Å². The highest BCUT2D eigenvalue weighted by Crippen LogP contribution is 2.31. The van der Waals surface area contributed by atoms with E-state index in [1.54, 1.807) is 24.3 Å². The number of nitro groups is 1. The van der Waals surface area contributed by atoms with Crippen molar-refractivity contribution in [3.05, 3.63) is 46.1 Å². The standard InChI is InChI=1S/C12H12N2O6S/c1-8(15)13-6-10(9-4-2-3-5-11(9)13)12(7-14(16)17)21(18,19)20/h2-6,12H,7H2,1H3,(H,18,19,20)/t12-/m0/s1. The summed E-state index contributed by atoms with van der Waals surface area (Å²) in [6.07, 6.45) is 1.22. The lowest BCUT2D eigenvalue weighted by Crippen LogP contribution is -2.21. The molecule has 0 aliphatic carbocycles. The van der Waals surface area contributed by atoms with Gasteiger partial charge in [-0.1, -0.05) is 18.2 Å². The molecule has 0 bridgehead atoms. The Morgan fingerprint density at radius 2 is 2.05 bits per heavy atom. The van der Waals surface area contributed by atoms with Gasteiger partial charge in [0.2, 0.25) is 12.5 Å². The van der Waals surface area contributed by atoms with Crippen LogP contribution in [0, 0.1) is 10.1 Å². The van der Waals surface area contributed by atoms with E-state index in [1.165, 1.54) is 17.7 Å². The van der Waals surface area contributed by atoms with E-state index in [4.69, 9.17) is 0 Å². The normalized spacial score (nSPS) is 13.2. The molecule has 0 aliphatic heterocycles. The van der Waals surface area contributed by atoms with Crippen molar-refractivity contribution in [2.75, 3.05) is 6.54 Å². The lowest BCUT2D eigenvalue weighted by Gasteiger charge is -2.08. The predicted molar refractivity (Wildman–Crippen MR) is 74.4 cm³/mol. The van der Waals surface area contributed by atoms with Crippen LogP contribution in [-0.2, 0) is 10.1 Å². The fourth-order valence-electron chi connectivity index (χ4n) is 2.21. The third-order valence-electron chi connectivity index (χ3n) is 3.10. The third kappa shape index (κ3) is 2.93. The SMILES string of the molecule is CC(=O)n1cc([C@H](C[N+](=O)[O-])S(=O)(=O)O)c2ccccc21. The Hall–Kier alpha value is -2.26. The minimum absolute atomic E-state index is 0.0278. The number of carbonyl (C=O) groups excluding carboxylic acids is 1. The molecule has 1 heterocycles. The van der Waals surface area contributed by atoms with Crippen LogP contribution in [0.25, 0.3) is 10.9 Å². The lowest BCUT2D eigenvalue weighted by molar-refractivity contribution is -0.480. The van der Waals surface area contributed by atoms with Crippen LogP contribution in [0.5, 0.6) is 0 Å². The minimum atomic E-state index is -4.68. The summed E-state index contributed by atoms with van der Waals surface area (Å²) in [5, 5.41) is 9.31. The third-order valence-corrected chi connectivity index (χ3v) is 4.23. The topological polar surface area (TPSA) is 120 Å². The summed E-state index contributed by atoms with van der Waals surface area (Å²) in [6, 6.07) is 6.40. The highest BCUT2D eigenvalue weighted by molar-refractivity contribution is 7.86. The molecule has 0 unspecified atom stereocenters. The van der Waals surface area contributed by atoms with Gasteiger partial charge in [-0.15, -0.1) is 0 Å². The zero-order valence-corrected chi connectivity index (χ0v) is 11.8. The number of hydrogen-bond donors (Lipinski definition) is 1. The van der Waals surface area contributed by atoms with Crippen LogP contribution in [0.3, 0.4) is 0 Å². The van der Waals surface area contributed by atoms with Crippen molar-refractivity contribution in [2.45, 2.75) is 12.2 Å². The minimum Gasteiger partial charge on any atom is -0.287 e. The smallest absolute Gasteiger partial charge is 0.278 e. The van der Waals surface area contributed by atoms with Crippen LogP contribution in [0.4, 0.5) is 0 Å². The van der Waals surface area contributed by atoms with Gasteiger partial charge in [-0.05, 0) is 6.07 Å². The second kappa shape index (κ2) is 5.26. The summed E-state index contributed by atoms with van der Waals surface area (Å²) in [6.45, 7) is 0.302. The maximum Gasteiger partial charge on any atom is 0.278 e. The molecule has 0 saturated carbocycles. The molecule has 2 rings (SSSR count). The van der Waals surface area contributed by atoms with Crippen LogP contribution in [0.2, 0.25) is 0 Å². The van der Waals surface area contributed by atoms with Gasteiger partial charge in [0.05, 0.1) is 5.52 Å². The number of aromatic nitrogens is 1. The quantitative estimate of drug-likeness (QED) is 0.519. The lowest BCUT2D eigenvalue weighted by atomic mass is 10.1. The maximum atomic E-state index is 11.6. The number of nitrogens with zero attached hydrogens (tertiary/aromatic N) is 2. The molecular weight excluding hydrogens is 300 g/mol. The highest BCUT2D eigenvalue weighted by Gasteiger charge is 2.33. The Bertz CT molecular complexity index is 823. The van der Waals surface area contributed by atoms with Gasteiger partial charge in [-0.3, -0.25) is 24.0 Å². The van der Waals surface area contributed by atoms with E-state index in [-0.39, 0.29) is 11.5 Å². The summed E-state index contributed by atoms with van der Waals surface area (Å²) < 4.78 is 33.4. The number of hydrogen-bond acceptors (Lipinski definition) is 5.